The van der Waals surface area contributed by atoms with E-state index < -0.39 is 18.1 Å². The van der Waals surface area contributed by atoms with E-state index in [4.69, 9.17) is 66.7 Å². The van der Waals surface area contributed by atoms with Crippen molar-refractivity contribution in [2.24, 2.45) is 0 Å². The first-order chi connectivity index (χ1) is 41.6. The summed E-state index contributed by atoms with van der Waals surface area (Å²) in [5, 5.41) is 12.9. The lowest BCUT2D eigenvalue weighted by molar-refractivity contribution is -0.192. The number of aliphatic carboxylic acids is 1. The number of alkyl halides is 3. The largest absolute Gasteiger partial charge is 0.490 e. The fourth-order valence-corrected chi connectivity index (χ4v) is 8.05. The lowest BCUT2D eigenvalue weighted by Crippen LogP contribution is -2.31. The second kappa shape index (κ2) is 71.9. The summed E-state index contributed by atoms with van der Waals surface area (Å²) in [6.07, 6.45) is 40.9. The number of methoxy groups -OCH3 is 1. The smallest absolute Gasteiger partial charge is 0.475 e. The zero-order valence-electron chi connectivity index (χ0n) is 53.4. The number of nitrogens with one attached hydrogen (secondary N) is 2. The first-order valence-electron chi connectivity index (χ1n) is 32.6. The van der Waals surface area contributed by atoms with Gasteiger partial charge in [0, 0.05) is 33.4 Å². The number of carboxylic acid groups (broad SMARTS) is 1. The minimum Gasteiger partial charge on any atom is -0.475 e. The molecule has 0 aliphatic heterocycles. The Bertz CT molecular complexity index is 1440. The Morgan fingerprint density at radius 1 is 0.388 bits per heavy atom. The number of esters is 2. The van der Waals surface area contributed by atoms with Crippen molar-refractivity contribution in [3.63, 3.8) is 0 Å². The van der Waals surface area contributed by atoms with Gasteiger partial charge in [-0.2, -0.15) is 13.2 Å². The Morgan fingerprint density at radius 2 is 0.682 bits per heavy atom. The molecule has 1 atom stereocenters. The van der Waals surface area contributed by atoms with Crippen molar-refractivity contribution in [3.05, 3.63) is 24.3 Å². The van der Waals surface area contributed by atoms with Crippen LogP contribution in [-0.4, -0.2) is 201 Å². The van der Waals surface area contributed by atoms with E-state index in [1.54, 1.807) is 7.11 Å². The van der Waals surface area contributed by atoms with Gasteiger partial charge in [0.1, 0.15) is 19.3 Å². The minimum absolute atomic E-state index is 0.0183. The van der Waals surface area contributed by atoms with Crippen molar-refractivity contribution in [1.29, 1.82) is 0 Å². The maximum absolute atomic E-state index is 11.8. The SMILES string of the molecule is CCCCCCCC/C=C\CCCCCCCCOCC(COCCOCCOCCOCCOCCOCCOCCOC(=O)CNCCOC(=O)CNCCOC)OCCCCCCCC/C=C\CCCCCCCC.O=C(O)C(F)(F)F. The second-order valence-electron chi connectivity index (χ2n) is 20.8. The predicted octanol–water partition coefficient (Wildman–Crippen LogP) is 12.1. The van der Waals surface area contributed by atoms with Crippen LogP contribution >= 0.6 is 0 Å². The van der Waals surface area contributed by atoms with Crippen LogP contribution in [0.5, 0.6) is 0 Å². The highest BCUT2D eigenvalue weighted by Gasteiger charge is 2.38. The summed E-state index contributed by atoms with van der Waals surface area (Å²) in [5.74, 6) is -3.53. The second-order valence-corrected chi connectivity index (χ2v) is 20.8. The Labute approximate surface area is 512 Å². The average molecular weight is 1230 g/mol. The van der Waals surface area contributed by atoms with Gasteiger partial charge in [-0.3, -0.25) is 9.59 Å². The van der Waals surface area contributed by atoms with Gasteiger partial charge in [-0.15, -0.1) is 0 Å². The number of allylic oxidation sites excluding steroid dienone is 4. The monoisotopic (exact) mass is 1230 g/mol. The van der Waals surface area contributed by atoms with E-state index >= 15 is 0 Å². The third-order valence-electron chi connectivity index (χ3n) is 12.9. The van der Waals surface area contributed by atoms with E-state index in [2.05, 4.69) is 48.8 Å². The molecule has 0 aliphatic carbocycles. The molecular weight excluding hydrogens is 1110 g/mol. The number of hydrogen-bond acceptors (Lipinski definition) is 17. The number of carbonyl (C=O) groups excluding carboxylic acids is 2. The summed E-state index contributed by atoms with van der Waals surface area (Å²) in [6.45, 7) is 14.9. The van der Waals surface area contributed by atoms with Crippen LogP contribution in [0.25, 0.3) is 0 Å². The van der Waals surface area contributed by atoms with Gasteiger partial charge in [0.25, 0.3) is 0 Å². The molecule has 3 N–H and O–H groups in total. The van der Waals surface area contributed by atoms with Gasteiger partial charge in [-0.25, -0.2) is 4.79 Å². The van der Waals surface area contributed by atoms with E-state index in [1.807, 2.05) is 0 Å². The van der Waals surface area contributed by atoms with Crippen LogP contribution in [0.1, 0.15) is 194 Å². The number of hydrogen-bond donors (Lipinski definition) is 3. The Balaban J connectivity index is 0. The standard InChI is InChI=1S/C62H120N2O14.C2HF3O2/c1-4-6-8-10-12-14-16-18-20-22-24-26-28-30-32-34-38-74-58-60(76-39-35-33-31-29-27-25-23-21-19-17-15-13-11-9-7-5-2)59-75-53-52-72-49-48-70-45-44-68-42-43-69-46-47-71-50-51-73-54-55-78-62(66)57-64-37-41-77-61(65)56-63-36-40-67-3;3-2(4,5)1(6)7/h18-21,60,63-64H,4-17,22-59H2,1-3H3;(H,6,7)/b20-18-,21-19-;. The highest BCUT2D eigenvalue weighted by molar-refractivity contribution is 5.73. The number of carbonyl (C=O) groups is 3. The van der Waals surface area contributed by atoms with Crippen LogP contribution < -0.4 is 10.6 Å². The molecule has 18 nitrogen and oxygen atoms in total. The quantitative estimate of drug-likeness (QED) is 0.0294. The summed E-state index contributed by atoms with van der Waals surface area (Å²) < 4.78 is 98.6. The van der Waals surface area contributed by atoms with E-state index in [1.165, 1.54) is 167 Å². The Kier molecular flexibility index (Phi) is 71.3. The van der Waals surface area contributed by atoms with Crippen molar-refractivity contribution in [2.75, 3.05) is 165 Å². The molecule has 85 heavy (non-hydrogen) atoms. The predicted molar refractivity (Wildman–Crippen MR) is 328 cm³/mol. The maximum atomic E-state index is 11.8. The van der Waals surface area contributed by atoms with Crippen LogP contribution in [0.3, 0.4) is 0 Å². The molecule has 0 heterocycles. The molecule has 1 unspecified atom stereocenters. The lowest BCUT2D eigenvalue weighted by atomic mass is 10.1. The number of rotatable bonds is 68. The summed E-state index contributed by atoms with van der Waals surface area (Å²) in [7, 11) is 1.59. The normalized spacial score (nSPS) is 12.1. The molecule has 0 aromatic rings. The summed E-state index contributed by atoms with van der Waals surface area (Å²) in [6, 6.07) is 0. The van der Waals surface area contributed by atoms with E-state index in [0.717, 1.165) is 26.1 Å². The maximum Gasteiger partial charge on any atom is 0.490 e. The molecule has 0 aromatic carbocycles. The number of unbranched alkanes of at least 4 members (excludes halogenated alkanes) is 24. The molecule has 21 heteroatoms. The number of carboxylic acids is 1. The fourth-order valence-electron chi connectivity index (χ4n) is 8.05. The molecule has 0 spiro atoms. The van der Waals surface area contributed by atoms with Crippen LogP contribution in [0, 0.1) is 0 Å². The third kappa shape index (κ3) is 75.4. The van der Waals surface area contributed by atoms with Gasteiger partial charge in [0.15, 0.2) is 0 Å². The van der Waals surface area contributed by atoms with Gasteiger partial charge < -0.3 is 72.6 Å². The highest BCUT2D eigenvalue weighted by Crippen LogP contribution is 2.14. The van der Waals surface area contributed by atoms with Crippen molar-refractivity contribution in [1.82, 2.24) is 10.6 Å². The van der Waals surface area contributed by atoms with Gasteiger partial charge in [0.2, 0.25) is 0 Å². The van der Waals surface area contributed by atoms with Crippen LogP contribution in [-0.2, 0) is 71.2 Å². The molecule has 0 aromatic heterocycles. The molecule has 0 rings (SSSR count). The van der Waals surface area contributed by atoms with Crippen LogP contribution in [0.4, 0.5) is 13.2 Å². The van der Waals surface area contributed by atoms with Crippen molar-refractivity contribution in [3.8, 4) is 0 Å². The lowest BCUT2D eigenvalue weighted by Gasteiger charge is -2.18. The van der Waals surface area contributed by atoms with Crippen molar-refractivity contribution >= 4 is 17.9 Å². The molecule has 0 aliphatic rings. The summed E-state index contributed by atoms with van der Waals surface area (Å²) in [5.41, 5.74) is 0. The minimum atomic E-state index is -5.08. The molecule has 0 fully saturated rings. The Hall–Kier alpha value is -2.80. The fraction of sp³-hybridized carbons (Fsp3) is 0.891. The van der Waals surface area contributed by atoms with E-state index in [-0.39, 0.29) is 45.0 Å². The van der Waals surface area contributed by atoms with E-state index in [9.17, 15) is 22.8 Å². The zero-order valence-corrected chi connectivity index (χ0v) is 53.4. The van der Waals surface area contributed by atoms with Crippen molar-refractivity contribution in [2.45, 2.75) is 206 Å². The van der Waals surface area contributed by atoms with Crippen LogP contribution in [0.2, 0.25) is 0 Å². The van der Waals surface area contributed by atoms with Gasteiger partial charge in [-0.05, 0) is 64.2 Å². The molecule has 0 saturated heterocycles. The molecule has 0 saturated carbocycles. The van der Waals surface area contributed by atoms with Crippen molar-refractivity contribution < 1.29 is 89.5 Å². The van der Waals surface area contributed by atoms with Gasteiger partial charge in [-0.1, -0.05) is 154 Å². The number of halogens is 3. The molecular formula is C64H121F3N2O16. The first-order valence-corrected chi connectivity index (χ1v) is 32.6. The van der Waals surface area contributed by atoms with Gasteiger partial charge in [0.05, 0.1) is 119 Å². The van der Waals surface area contributed by atoms with Gasteiger partial charge >= 0.3 is 24.1 Å². The third-order valence-corrected chi connectivity index (χ3v) is 12.9. The average Bonchev–Trinajstić information content (AvgIpc) is 3.49. The van der Waals surface area contributed by atoms with Crippen LogP contribution in [0.15, 0.2) is 24.3 Å². The summed E-state index contributed by atoms with van der Waals surface area (Å²) >= 11 is 0. The highest BCUT2D eigenvalue weighted by atomic mass is 19.4. The topological polar surface area (TPSA) is 206 Å². The Morgan fingerprint density at radius 3 is 1.05 bits per heavy atom. The molecule has 0 radical (unpaired) electrons. The molecule has 0 bridgehead atoms. The number of ether oxygens (including phenoxy) is 12. The zero-order chi connectivity index (χ0) is 62.3. The first kappa shape index (κ1) is 84.3. The molecule has 0 amide bonds. The summed E-state index contributed by atoms with van der Waals surface area (Å²) in [4.78, 5) is 32.2. The van der Waals surface area contributed by atoms with E-state index in [0.29, 0.717) is 112 Å². The molecule has 504 valence electrons.